The monoisotopic (exact) mass is 547 g/mol. The lowest BCUT2D eigenvalue weighted by molar-refractivity contribution is -0.00990. The van der Waals surface area contributed by atoms with Gasteiger partial charge in [-0.2, -0.15) is 8.78 Å². The van der Waals surface area contributed by atoms with E-state index in [9.17, 15) is 8.78 Å². The summed E-state index contributed by atoms with van der Waals surface area (Å²) < 4.78 is 55.6. The smallest absolute Gasteiger partial charge is 0.319 e. The number of pyridine rings is 1. The van der Waals surface area contributed by atoms with E-state index in [2.05, 4.69) is 16.6 Å². The number of halogens is 2. The number of hydrogen-bond donors (Lipinski definition) is 1. The molecule has 11 heteroatoms. The molecule has 0 amide bonds. The minimum atomic E-state index is -2.69. The van der Waals surface area contributed by atoms with Crippen LogP contribution in [0.5, 0.6) is 0 Å². The van der Waals surface area contributed by atoms with Crippen molar-refractivity contribution in [1.82, 2.24) is 9.55 Å². The van der Waals surface area contributed by atoms with Gasteiger partial charge in [0.1, 0.15) is 6.61 Å². The van der Waals surface area contributed by atoms with E-state index in [-0.39, 0.29) is 19.1 Å². The Balaban J connectivity index is 1.39. The van der Waals surface area contributed by atoms with Crippen molar-refractivity contribution < 1.29 is 37.6 Å². The number of fused-ring (bicyclic) bond motifs is 3. The Morgan fingerprint density at radius 2 is 1.59 bits per heavy atom. The summed E-state index contributed by atoms with van der Waals surface area (Å²) in [7, 11) is 0. The highest BCUT2D eigenvalue weighted by molar-refractivity contribution is 6.13. The van der Waals surface area contributed by atoms with Crippen molar-refractivity contribution in [3.8, 4) is 0 Å². The number of aliphatic hydroxyl groups is 1. The number of alkyl halides is 2. The number of rotatable bonds is 19. The Bertz CT molecular complexity index is 1240. The van der Waals surface area contributed by atoms with Crippen LogP contribution in [-0.2, 0) is 23.7 Å². The van der Waals surface area contributed by atoms with Crippen molar-refractivity contribution in [3.63, 3.8) is 0 Å². The lowest BCUT2D eigenvalue weighted by atomic mass is 10.0. The number of benzene rings is 1. The molecule has 0 radical (unpaired) electrons. The third kappa shape index (κ3) is 9.19. The molecule has 1 aromatic carbocycles. The Kier molecular flexibility index (Phi) is 13.0. The van der Waals surface area contributed by atoms with Crippen molar-refractivity contribution in [2.24, 2.45) is 4.99 Å². The zero-order valence-electron chi connectivity index (χ0n) is 22.1. The van der Waals surface area contributed by atoms with Crippen molar-refractivity contribution in [2.75, 3.05) is 66.1 Å². The zero-order chi connectivity index (χ0) is 27.9. The third-order valence-corrected chi connectivity index (χ3v) is 5.64. The van der Waals surface area contributed by atoms with Gasteiger partial charge in [-0.15, -0.1) is 0 Å². The second-order valence-electron chi connectivity index (χ2n) is 8.19. The topological polar surface area (TPSA) is 96.6 Å². The van der Waals surface area contributed by atoms with E-state index >= 15 is 0 Å². The molecule has 0 saturated heterocycles. The molecule has 1 N–H and O–H groups in total. The van der Waals surface area contributed by atoms with Crippen molar-refractivity contribution in [1.29, 1.82) is 0 Å². The second-order valence-corrected chi connectivity index (χ2v) is 8.19. The van der Waals surface area contributed by atoms with Crippen LogP contribution in [0.25, 0.3) is 27.4 Å². The third-order valence-electron chi connectivity index (χ3n) is 5.64. The van der Waals surface area contributed by atoms with Gasteiger partial charge < -0.3 is 28.8 Å². The molecule has 0 spiro atoms. The van der Waals surface area contributed by atoms with Crippen LogP contribution in [0.4, 0.5) is 8.78 Å². The lowest BCUT2D eigenvalue weighted by Crippen LogP contribution is -2.13. The van der Waals surface area contributed by atoms with Gasteiger partial charge in [0.05, 0.1) is 70.5 Å². The summed E-state index contributed by atoms with van der Waals surface area (Å²) in [5.74, 6) is 0.211. The van der Waals surface area contributed by atoms with Crippen LogP contribution in [0.2, 0.25) is 0 Å². The van der Waals surface area contributed by atoms with Crippen LogP contribution in [0.3, 0.4) is 0 Å². The summed E-state index contributed by atoms with van der Waals surface area (Å²) in [6.45, 7) is 6.53. The summed E-state index contributed by atoms with van der Waals surface area (Å²) in [5, 5.41) is 9.98. The lowest BCUT2D eigenvalue weighted by Gasteiger charge is -2.09. The van der Waals surface area contributed by atoms with Crippen LogP contribution in [-0.4, -0.2) is 86.9 Å². The van der Waals surface area contributed by atoms with Gasteiger partial charge in [0.15, 0.2) is 0 Å². The standard InChI is InChI=1S/C28H35F2N3O6/c1-3-22(23-4-5-24-25-20-31-7-6-26(25)33(28(29)30)27(24)18-23)19-32-21(2)39-17-16-38-15-14-37-13-12-36-11-10-35-9-8-34/h3-7,18-20,28,34H,2,8-17H2,1H3/b22-3+,32-19-. The van der Waals surface area contributed by atoms with Gasteiger partial charge in [-0.05, 0) is 36.8 Å². The average Bonchev–Trinajstić information content (AvgIpc) is 3.27. The molecule has 0 unspecified atom stereocenters. The van der Waals surface area contributed by atoms with E-state index in [0.29, 0.717) is 74.7 Å². The molecule has 39 heavy (non-hydrogen) atoms. The first-order chi connectivity index (χ1) is 19.1. The number of ether oxygens (including phenoxy) is 5. The van der Waals surface area contributed by atoms with Gasteiger partial charge >= 0.3 is 6.55 Å². The Hall–Kier alpha value is -3.22. The maximum atomic E-state index is 13.9. The quantitative estimate of drug-likeness (QED) is 0.133. The maximum Gasteiger partial charge on any atom is 0.319 e. The summed E-state index contributed by atoms with van der Waals surface area (Å²) in [4.78, 5) is 8.34. The van der Waals surface area contributed by atoms with Gasteiger partial charge in [-0.1, -0.05) is 18.2 Å². The van der Waals surface area contributed by atoms with Crippen molar-refractivity contribution in [3.05, 3.63) is 60.8 Å². The van der Waals surface area contributed by atoms with Crippen LogP contribution in [0.15, 0.2) is 60.2 Å². The molecule has 0 aliphatic carbocycles. The van der Waals surface area contributed by atoms with Gasteiger partial charge in [0.25, 0.3) is 0 Å². The highest BCUT2D eigenvalue weighted by atomic mass is 19.3. The normalized spacial score (nSPS) is 12.4. The molecule has 212 valence electrons. The van der Waals surface area contributed by atoms with E-state index in [1.807, 2.05) is 25.1 Å². The van der Waals surface area contributed by atoms with Crippen LogP contribution >= 0.6 is 0 Å². The highest BCUT2D eigenvalue weighted by Crippen LogP contribution is 2.33. The summed E-state index contributed by atoms with van der Waals surface area (Å²) in [6, 6.07) is 7.00. The van der Waals surface area contributed by atoms with E-state index in [4.69, 9.17) is 28.8 Å². The molecule has 3 rings (SSSR count). The number of aromatic nitrogens is 2. The predicted molar refractivity (Wildman–Crippen MR) is 146 cm³/mol. The number of nitrogens with zero attached hydrogens (tertiary/aromatic N) is 3. The van der Waals surface area contributed by atoms with E-state index < -0.39 is 6.55 Å². The molecule has 0 fully saturated rings. The first-order valence-corrected chi connectivity index (χ1v) is 12.7. The second kappa shape index (κ2) is 16.7. The largest absolute Gasteiger partial charge is 0.476 e. The molecular weight excluding hydrogens is 512 g/mol. The highest BCUT2D eigenvalue weighted by Gasteiger charge is 2.17. The summed E-state index contributed by atoms with van der Waals surface area (Å²) in [5.41, 5.74) is 2.33. The van der Waals surface area contributed by atoms with Crippen LogP contribution < -0.4 is 0 Å². The Morgan fingerprint density at radius 3 is 2.21 bits per heavy atom. The van der Waals surface area contributed by atoms with Gasteiger partial charge in [0.2, 0.25) is 5.88 Å². The van der Waals surface area contributed by atoms with Crippen LogP contribution in [0, 0.1) is 0 Å². The molecule has 2 heterocycles. The fraction of sp³-hybridized carbons (Fsp3) is 0.429. The Labute approximate surface area is 226 Å². The first kappa shape index (κ1) is 30.3. The van der Waals surface area contributed by atoms with Gasteiger partial charge in [-0.3, -0.25) is 9.55 Å². The minimum Gasteiger partial charge on any atom is -0.476 e. The van der Waals surface area contributed by atoms with Gasteiger partial charge in [0, 0.05) is 29.4 Å². The van der Waals surface area contributed by atoms with Gasteiger partial charge in [-0.25, -0.2) is 4.99 Å². The summed E-state index contributed by atoms with van der Waals surface area (Å²) in [6.07, 6.45) is 6.54. The Morgan fingerprint density at radius 1 is 0.949 bits per heavy atom. The molecule has 0 atom stereocenters. The van der Waals surface area contributed by atoms with Crippen molar-refractivity contribution in [2.45, 2.75) is 13.5 Å². The number of aliphatic hydroxyl groups excluding tert-OH is 1. The number of hydrogen-bond acceptors (Lipinski definition) is 8. The predicted octanol–water partition coefficient (Wildman–Crippen LogP) is 4.61. The zero-order valence-corrected chi connectivity index (χ0v) is 22.1. The first-order valence-electron chi connectivity index (χ1n) is 12.7. The number of aliphatic imine (C=N–C) groups is 1. The number of allylic oxidation sites excluding steroid dienone is 2. The summed E-state index contributed by atoms with van der Waals surface area (Å²) >= 11 is 0. The molecule has 9 nitrogen and oxygen atoms in total. The molecule has 2 aromatic heterocycles. The maximum absolute atomic E-state index is 13.9. The van der Waals surface area contributed by atoms with E-state index in [0.717, 1.165) is 15.7 Å². The molecule has 0 bridgehead atoms. The molecular formula is C28H35F2N3O6. The minimum absolute atomic E-state index is 0.00336. The molecule has 0 aliphatic heterocycles. The molecule has 0 aliphatic rings. The molecule has 0 saturated carbocycles. The fourth-order valence-electron chi connectivity index (χ4n) is 3.82. The fourth-order valence-corrected chi connectivity index (χ4v) is 3.82. The SMILES string of the molecule is C=C(/N=C\C(=C/C)c1ccc2c3cnccc3n(C(F)F)c2c1)OCCOCCOCCOCCOCCO. The van der Waals surface area contributed by atoms with E-state index in [1.54, 1.807) is 24.5 Å². The van der Waals surface area contributed by atoms with Crippen LogP contribution in [0.1, 0.15) is 19.0 Å². The van der Waals surface area contributed by atoms with Crippen molar-refractivity contribution >= 4 is 33.6 Å². The van der Waals surface area contributed by atoms with E-state index in [1.165, 1.54) is 6.20 Å². The average molecular weight is 548 g/mol. The molecule has 3 aromatic rings.